The molecular formula is C16H13Cl2FN2O2. The third kappa shape index (κ3) is 4.68. The zero-order valence-electron chi connectivity index (χ0n) is 11.9. The van der Waals surface area contributed by atoms with Gasteiger partial charge in [-0.15, -0.1) is 0 Å². The van der Waals surface area contributed by atoms with Crippen LogP contribution in [0, 0.1) is 5.82 Å². The van der Waals surface area contributed by atoms with E-state index in [0.29, 0.717) is 15.6 Å². The van der Waals surface area contributed by atoms with E-state index in [-0.39, 0.29) is 12.0 Å². The second kappa shape index (κ2) is 7.44. The van der Waals surface area contributed by atoms with Crippen molar-refractivity contribution in [2.75, 3.05) is 0 Å². The van der Waals surface area contributed by atoms with Crippen molar-refractivity contribution in [3.63, 3.8) is 0 Å². The fraction of sp³-hybridized carbons (Fsp3) is 0.125. The molecule has 2 aromatic rings. The normalized spacial score (nSPS) is 11.8. The lowest BCUT2D eigenvalue weighted by molar-refractivity contribution is -0.119. The van der Waals surface area contributed by atoms with Gasteiger partial charge in [-0.05, 0) is 35.9 Å². The zero-order chi connectivity index (χ0) is 17.0. The summed E-state index contributed by atoms with van der Waals surface area (Å²) in [5, 5.41) is 3.30. The number of benzene rings is 2. The van der Waals surface area contributed by atoms with Crippen molar-refractivity contribution in [3.05, 3.63) is 69.5 Å². The molecule has 0 saturated carbocycles. The lowest BCUT2D eigenvalue weighted by atomic mass is 10.0. The summed E-state index contributed by atoms with van der Waals surface area (Å²) < 4.78 is 13.2. The predicted octanol–water partition coefficient (Wildman–Crippen LogP) is 2.96. The number of rotatable bonds is 5. The van der Waals surface area contributed by atoms with Crippen molar-refractivity contribution in [1.82, 2.24) is 5.32 Å². The molecule has 2 rings (SSSR count). The largest absolute Gasteiger partial charge is 0.368 e. The highest BCUT2D eigenvalue weighted by Crippen LogP contribution is 2.22. The summed E-state index contributed by atoms with van der Waals surface area (Å²) in [6, 6.07) is 8.95. The van der Waals surface area contributed by atoms with E-state index in [0.717, 1.165) is 6.07 Å². The number of primary amides is 1. The fourth-order valence-electron chi connectivity index (χ4n) is 2.00. The molecule has 0 aliphatic rings. The summed E-state index contributed by atoms with van der Waals surface area (Å²) in [6.45, 7) is 0. The number of hydrogen-bond acceptors (Lipinski definition) is 2. The van der Waals surface area contributed by atoms with Crippen LogP contribution in [0.5, 0.6) is 0 Å². The smallest absolute Gasteiger partial charge is 0.252 e. The maximum absolute atomic E-state index is 13.2. The molecule has 4 nitrogen and oxygen atoms in total. The monoisotopic (exact) mass is 354 g/mol. The first-order chi connectivity index (χ1) is 10.9. The average Bonchev–Trinajstić information content (AvgIpc) is 2.48. The molecule has 0 radical (unpaired) electrons. The van der Waals surface area contributed by atoms with Crippen LogP contribution in [0.1, 0.15) is 15.9 Å². The number of carbonyl (C=O) groups excluding carboxylic acids is 2. The van der Waals surface area contributed by atoms with Crippen LogP contribution in [0.4, 0.5) is 4.39 Å². The molecule has 3 N–H and O–H groups in total. The van der Waals surface area contributed by atoms with Crippen LogP contribution in [0.25, 0.3) is 0 Å². The van der Waals surface area contributed by atoms with Crippen LogP contribution in [0.15, 0.2) is 42.5 Å². The summed E-state index contributed by atoms with van der Waals surface area (Å²) in [7, 11) is 0. The molecule has 0 unspecified atom stereocenters. The molecule has 120 valence electrons. The first-order valence-corrected chi connectivity index (χ1v) is 7.42. The number of nitrogens with one attached hydrogen (secondary N) is 1. The van der Waals surface area contributed by atoms with Gasteiger partial charge in [-0.25, -0.2) is 4.39 Å². The van der Waals surface area contributed by atoms with E-state index in [1.807, 2.05) is 0 Å². The van der Waals surface area contributed by atoms with Gasteiger partial charge in [-0.1, -0.05) is 35.3 Å². The van der Waals surface area contributed by atoms with Gasteiger partial charge in [0.05, 0.1) is 0 Å². The van der Waals surface area contributed by atoms with Crippen LogP contribution in [0.2, 0.25) is 10.0 Å². The summed E-state index contributed by atoms with van der Waals surface area (Å²) in [5.41, 5.74) is 6.03. The Morgan fingerprint density at radius 3 is 2.52 bits per heavy atom. The topological polar surface area (TPSA) is 72.2 Å². The van der Waals surface area contributed by atoms with Gasteiger partial charge in [0.15, 0.2) is 0 Å². The molecule has 0 aromatic heterocycles. The Kier molecular flexibility index (Phi) is 5.58. The lowest BCUT2D eigenvalue weighted by Gasteiger charge is -2.16. The molecule has 0 bridgehead atoms. The van der Waals surface area contributed by atoms with E-state index in [1.54, 1.807) is 12.1 Å². The van der Waals surface area contributed by atoms with Gasteiger partial charge in [0, 0.05) is 22.0 Å². The van der Waals surface area contributed by atoms with E-state index in [4.69, 9.17) is 28.9 Å². The molecule has 0 saturated heterocycles. The third-order valence-corrected chi connectivity index (χ3v) is 3.76. The Hall–Kier alpha value is -2.11. The Morgan fingerprint density at radius 1 is 1.17 bits per heavy atom. The van der Waals surface area contributed by atoms with Crippen molar-refractivity contribution in [2.45, 2.75) is 12.5 Å². The summed E-state index contributed by atoms with van der Waals surface area (Å²) in [4.78, 5) is 23.7. The van der Waals surface area contributed by atoms with Gasteiger partial charge in [0.25, 0.3) is 5.91 Å². The SMILES string of the molecule is NC(=O)[C@@H](Cc1ccc(Cl)cc1Cl)NC(=O)c1cccc(F)c1. The van der Waals surface area contributed by atoms with Gasteiger partial charge in [-0.2, -0.15) is 0 Å². The van der Waals surface area contributed by atoms with Crippen molar-refractivity contribution in [3.8, 4) is 0 Å². The first kappa shape index (κ1) is 17.2. The molecule has 0 heterocycles. The van der Waals surface area contributed by atoms with Crippen LogP contribution < -0.4 is 11.1 Å². The second-order valence-corrected chi connectivity index (χ2v) is 5.72. The Bertz CT molecular complexity index is 753. The standard InChI is InChI=1S/C16H13Cl2FN2O2/c17-11-5-4-9(13(18)8-11)7-14(15(20)22)21-16(23)10-2-1-3-12(19)6-10/h1-6,8,14H,7H2,(H2,20,22)(H,21,23)/t14-/m1/s1. The van der Waals surface area contributed by atoms with Crippen LogP contribution in [-0.2, 0) is 11.2 Å². The van der Waals surface area contributed by atoms with Gasteiger partial charge >= 0.3 is 0 Å². The highest BCUT2D eigenvalue weighted by atomic mass is 35.5. The molecule has 0 spiro atoms. The van der Waals surface area contributed by atoms with Crippen molar-refractivity contribution in [1.29, 1.82) is 0 Å². The molecule has 2 amide bonds. The minimum atomic E-state index is -0.982. The Morgan fingerprint density at radius 2 is 1.91 bits per heavy atom. The van der Waals surface area contributed by atoms with Crippen molar-refractivity contribution in [2.24, 2.45) is 5.73 Å². The van der Waals surface area contributed by atoms with Crippen LogP contribution >= 0.6 is 23.2 Å². The first-order valence-electron chi connectivity index (χ1n) is 6.66. The number of amides is 2. The van der Waals surface area contributed by atoms with Crippen LogP contribution in [-0.4, -0.2) is 17.9 Å². The molecule has 23 heavy (non-hydrogen) atoms. The number of nitrogens with two attached hydrogens (primary N) is 1. The molecule has 2 aromatic carbocycles. The van der Waals surface area contributed by atoms with Gasteiger partial charge in [-0.3, -0.25) is 9.59 Å². The van der Waals surface area contributed by atoms with E-state index in [2.05, 4.69) is 5.32 Å². The summed E-state index contributed by atoms with van der Waals surface area (Å²) >= 11 is 11.9. The Balaban J connectivity index is 2.16. The van der Waals surface area contributed by atoms with Gasteiger partial charge < -0.3 is 11.1 Å². The average molecular weight is 355 g/mol. The molecule has 0 aliphatic heterocycles. The molecular weight excluding hydrogens is 342 g/mol. The zero-order valence-corrected chi connectivity index (χ0v) is 13.4. The minimum Gasteiger partial charge on any atom is -0.368 e. The van der Waals surface area contributed by atoms with Gasteiger partial charge in [0.2, 0.25) is 5.91 Å². The second-order valence-electron chi connectivity index (χ2n) is 4.88. The third-order valence-electron chi connectivity index (χ3n) is 3.17. The fourth-order valence-corrected chi connectivity index (χ4v) is 2.49. The van der Waals surface area contributed by atoms with E-state index in [1.165, 1.54) is 24.3 Å². The summed E-state index contributed by atoms with van der Waals surface area (Å²) in [6.07, 6.45) is 0.104. The number of carbonyl (C=O) groups is 2. The highest BCUT2D eigenvalue weighted by molar-refractivity contribution is 6.35. The predicted molar refractivity (Wildman–Crippen MR) is 87.0 cm³/mol. The van der Waals surface area contributed by atoms with E-state index in [9.17, 15) is 14.0 Å². The quantitative estimate of drug-likeness (QED) is 0.866. The van der Waals surface area contributed by atoms with E-state index < -0.39 is 23.7 Å². The van der Waals surface area contributed by atoms with Gasteiger partial charge in [0.1, 0.15) is 11.9 Å². The molecule has 1 atom stereocenters. The minimum absolute atomic E-state index is 0.0958. The number of halogens is 3. The Labute approximate surface area is 142 Å². The van der Waals surface area contributed by atoms with Crippen LogP contribution in [0.3, 0.4) is 0 Å². The highest BCUT2D eigenvalue weighted by Gasteiger charge is 2.21. The van der Waals surface area contributed by atoms with Crippen molar-refractivity contribution < 1.29 is 14.0 Å². The van der Waals surface area contributed by atoms with E-state index >= 15 is 0 Å². The lowest BCUT2D eigenvalue weighted by Crippen LogP contribution is -2.45. The van der Waals surface area contributed by atoms with Crippen molar-refractivity contribution >= 4 is 35.0 Å². The maximum atomic E-state index is 13.2. The number of hydrogen-bond donors (Lipinski definition) is 2. The molecule has 0 fully saturated rings. The molecule has 0 aliphatic carbocycles. The summed E-state index contributed by atoms with van der Waals surface area (Å²) in [5.74, 6) is -1.87. The molecule has 7 heteroatoms. The maximum Gasteiger partial charge on any atom is 0.252 e.